The molecule has 0 saturated carbocycles. The van der Waals surface area contributed by atoms with Crippen LogP contribution >= 0.6 is 0 Å². The Balaban J connectivity index is 0.000000711. The van der Waals surface area contributed by atoms with Crippen molar-refractivity contribution in [3.05, 3.63) is 41.0 Å². The quantitative estimate of drug-likeness (QED) is 0.779. The van der Waals surface area contributed by atoms with E-state index < -0.39 is 17.9 Å². The maximum absolute atomic E-state index is 10.8. The van der Waals surface area contributed by atoms with E-state index in [1.54, 1.807) is 6.92 Å². The lowest BCUT2D eigenvalue weighted by atomic mass is 10.00. The van der Waals surface area contributed by atoms with Crippen LogP contribution in [0.2, 0.25) is 0 Å². The number of allylic oxidation sites excluding steroid dienone is 1. The lowest BCUT2D eigenvalue weighted by Crippen LogP contribution is -2.18. The topological polar surface area (TPSA) is 106 Å². The second kappa shape index (κ2) is 7.92. The maximum Gasteiger partial charge on any atom is 0.310 e. The minimum Gasteiger partial charge on any atom is -0.481 e. The zero-order valence-electron chi connectivity index (χ0n) is 11.4. The Labute approximate surface area is 112 Å². The highest BCUT2D eigenvalue weighted by atomic mass is 16.4. The van der Waals surface area contributed by atoms with Crippen LogP contribution in [0.25, 0.3) is 6.08 Å². The van der Waals surface area contributed by atoms with Crippen molar-refractivity contribution < 1.29 is 14.7 Å². The highest BCUT2D eigenvalue weighted by Gasteiger charge is 2.12. The minimum atomic E-state index is -0.833. The lowest BCUT2D eigenvalue weighted by Gasteiger charge is -2.06. The molecule has 1 rings (SSSR count). The number of carbonyl (C=O) groups excluding carboxylic acids is 1. The summed E-state index contributed by atoms with van der Waals surface area (Å²) in [6.45, 7) is 5.76. The number of rotatable bonds is 3. The zero-order valence-corrected chi connectivity index (χ0v) is 11.4. The van der Waals surface area contributed by atoms with Gasteiger partial charge in [0.25, 0.3) is 0 Å². The third-order valence-electron chi connectivity index (χ3n) is 2.26. The normalized spacial score (nSPS) is 10.7. The first-order chi connectivity index (χ1) is 8.73. The van der Waals surface area contributed by atoms with Crippen LogP contribution in [-0.2, 0) is 4.79 Å². The van der Waals surface area contributed by atoms with E-state index in [1.807, 2.05) is 38.1 Å². The summed E-state index contributed by atoms with van der Waals surface area (Å²) in [6, 6.07) is 6.80. The van der Waals surface area contributed by atoms with Gasteiger partial charge in [-0.3, -0.25) is 4.79 Å². The molecule has 0 radical (unpaired) electrons. The van der Waals surface area contributed by atoms with E-state index in [-0.39, 0.29) is 0 Å². The van der Waals surface area contributed by atoms with Crippen LogP contribution in [0.5, 0.6) is 0 Å². The second-order valence-electron chi connectivity index (χ2n) is 4.35. The summed E-state index contributed by atoms with van der Waals surface area (Å²) < 4.78 is 0. The van der Waals surface area contributed by atoms with Crippen molar-refractivity contribution in [3.8, 4) is 0 Å². The predicted octanol–water partition coefficient (Wildman–Crippen LogP) is 2.32. The predicted molar refractivity (Wildman–Crippen MR) is 75.6 cm³/mol. The molecule has 5 nitrogen and oxygen atoms in total. The molecule has 0 aliphatic carbocycles. The van der Waals surface area contributed by atoms with Crippen molar-refractivity contribution >= 4 is 18.1 Å². The average Bonchev–Trinajstić information content (AvgIpc) is 2.27. The highest BCUT2D eigenvalue weighted by molar-refractivity contribution is 5.75. The number of carboxylic acids is 1. The number of hydrogen-bond acceptors (Lipinski definition) is 2. The van der Waals surface area contributed by atoms with Gasteiger partial charge in [0, 0.05) is 0 Å². The molecule has 1 aromatic rings. The van der Waals surface area contributed by atoms with Crippen molar-refractivity contribution in [2.24, 2.45) is 11.5 Å². The van der Waals surface area contributed by atoms with Crippen LogP contribution in [0.15, 0.2) is 29.8 Å². The first-order valence-corrected chi connectivity index (χ1v) is 5.76. The Kier molecular flexibility index (Phi) is 6.96. The number of urea groups is 1. The van der Waals surface area contributed by atoms with E-state index >= 15 is 0 Å². The fourth-order valence-electron chi connectivity index (χ4n) is 1.36. The van der Waals surface area contributed by atoms with Crippen LogP contribution in [0.1, 0.15) is 37.8 Å². The van der Waals surface area contributed by atoms with E-state index in [0.29, 0.717) is 0 Å². The molecule has 0 aliphatic heterocycles. The molecule has 104 valence electrons. The molecule has 0 aliphatic rings. The van der Waals surface area contributed by atoms with E-state index in [0.717, 1.165) is 11.1 Å². The monoisotopic (exact) mass is 264 g/mol. The van der Waals surface area contributed by atoms with E-state index in [4.69, 9.17) is 9.90 Å². The van der Waals surface area contributed by atoms with Crippen LogP contribution in [-0.4, -0.2) is 17.1 Å². The fraction of sp³-hybridized carbons (Fsp3) is 0.286. The first kappa shape index (κ1) is 16.7. The second-order valence-corrected chi connectivity index (χ2v) is 4.35. The Morgan fingerprint density at radius 2 is 1.58 bits per heavy atom. The van der Waals surface area contributed by atoms with Gasteiger partial charge < -0.3 is 16.6 Å². The van der Waals surface area contributed by atoms with Crippen molar-refractivity contribution in [1.82, 2.24) is 0 Å². The third kappa shape index (κ3) is 7.59. The molecule has 19 heavy (non-hydrogen) atoms. The number of benzene rings is 1. The van der Waals surface area contributed by atoms with Gasteiger partial charge in [-0.25, -0.2) is 4.79 Å². The Bertz CT molecular complexity index is 456. The smallest absolute Gasteiger partial charge is 0.310 e. The van der Waals surface area contributed by atoms with Crippen molar-refractivity contribution in [1.29, 1.82) is 0 Å². The summed E-state index contributed by atoms with van der Waals surface area (Å²) in [5.74, 6) is -1.23. The first-order valence-electron chi connectivity index (χ1n) is 5.76. The summed E-state index contributed by atoms with van der Waals surface area (Å²) in [5.41, 5.74) is 11.7. The van der Waals surface area contributed by atoms with Gasteiger partial charge in [0.2, 0.25) is 0 Å². The number of carboxylic acid groups (broad SMARTS) is 1. The Morgan fingerprint density at radius 1 is 1.16 bits per heavy atom. The molecule has 0 fully saturated rings. The number of amides is 2. The van der Waals surface area contributed by atoms with Gasteiger partial charge in [-0.2, -0.15) is 0 Å². The number of carbonyl (C=O) groups is 2. The van der Waals surface area contributed by atoms with E-state index in [9.17, 15) is 4.79 Å². The van der Waals surface area contributed by atoms with Gasteiger partial charge in [0.05, 0.1) is 5.92 Å². The summed E-state index contributed by atoms with van der Waals surface area (Å²) in [5, 5.41) is 8.84. The van der Waals surface area contributed by atoms with Crippen LogP contribution in [0.3, 0.4) is 0 Å². The van der Waals surface area contributed by atoms with Gasteiger partial charge in [-0.1, -0.05) is 35.9 Å². The molecular weight excluding hydrogens is 244 g/mol. The molecule has 1 unspecified atom stereocenters. The largest absolute Gasteiger partial charge is 0.481 e. The molecule has 2 amide bonds. The molecule has 5 N–H and O–H groups in total. The Hall–Kier alpha value is -2.30. The molecule has 1 atom stereocenters. The molecule has 0 aromatic heterocycles. The molecule has 1 aromatic carbocycles. The zero-order chi connectivity index (χ0) is 15.0. The van der Waals surface area contributed by atoms with Gasteiger partial charge in [-0.15, -0.1) is 0 Å². The molecule has 0 saturated heterocycles. The van der Waals surface area contributed by atoms with Crippen molar-refractivity contribution in [3.63, 3.8) is 0 Å². The lowest BCUT2D eigenvalue weighted by molar-refractivity contribution is -0.138. The van der Waals surface area contributed by atoms with Crippen LogP contribution < -0.4 is 11.5 Å². The third-order valence-corrected chi connectivity index (χ3v) is 2.26. The average molecular weight is 264 g/mol. The van der Waals surface area contributed by atoms with Gasteiger partial charge in [-0.05, 0) is 31.9 Å². The van der Waals surface area contributed by atoms with Gasteiger partial charge >= 0.3 is 12.0 Å². The standard InChI is InChI=1S/C13H16O2.CH4N2O/c1-9(2)8-11-4-6-12(7-5-11)10(3)13(14)15;2-1(3)4/h4-8,10H,1-3H3,(H,14,15);(H4,2,3,4). The van der Waals surface area contributed by atoms with Crippen molar-refractivity contribution in [2.45, 2.75) is 26.7 Å². The summed E-state index contributed by atoms with van der Waals surface area (Å²) >= 11 is 0. The Morgan fingerprint density at radius 3 is 1.89 bits per heavy atom. The SMILES string of the molecule is CC(C)=Cc1ccc(C(C)C(=O)O)cc1.NC(N)=O. The fourth-order valence-corrected chi connectivity index (χ4v) is 1.36. The van der Waals surface area contributed by atoms with Crippen LogP contribution in [0, 0.1) is 0 Å². The molecule has 5 heteroatoms. The van der Waals surface area contributed by atoms with Crippen molar-refractivity contribution in [2.75, 3.05) is 0 Å². The number of nitrogens with two attached hydrogens (primary N) is 2. The minimum absolute atomic E-state index is 0.439. The molecule has 0 bridgehead atoms. The number of primary amides is 2. The molecule has 0 spiro atoms. The van der Waals surface area contributed by atoms with Gasteiger partial charge in [0.1, 0.15) is 0 Å². The van der Waals surface area contributed by atoms with E-state index in [2.05, 4.69) is 17.5 Å². The summed E-state index contributed by atoms with van der Waals surface area (Å²) in [7, 11) is 0. The van der Waals surface area contributed by atoms with Crippen LogP contribution in [0.4, 0.5) is 4.79 Å². The summed E-state index contributed by atoms with van der Waals surface area (Å²) in [4.78, 5) is 19.8. The van der Waals surface area contributed by atoms with Gasteiger partial charge in [0.15, 0.2) is 0 Å². The highest BCUT2D eigenvalue weighted by Crippen LogP contribution is 2.17. The molecular formula is C14H20N2O3. The summed E-state index contributed by atoms with van der Waals surface area (Å²) in [6.07, 6.45) is 2.06. The maximum atomic E-state index is 10.8. The number of aliphatic carboxylic acids is 1. The van der Waals surface area contributed by atoms with E-state index in [1.165, 1.54) is 5.57 Å². The molecule has 0 heterocycles. The number of hydrogen-bond donors (Lipinski definition) is 3.